The molecule has 2 aromatic rings. The number of benzene rings is 2. The predicted molar refractivity (Wildman–Crippen MR) is 124 cm³/mol. The van der Waals surface area contributed by atoms with Crippen molar-refractivity contribution in [3.8, 4) is 11.5 Å². The summed E-state index contributed by atoms with van der Waals surface area (Å²) in [6.45, 7) is 4.41. The van der Waals surface area contributed by atoms with Crippen LogP contribution in [0.5, 0.6) is 11.5 Å². The minimum atomic E-state index is -0.0740. The van der Waals surface area contributed by atoms with Crippen molar-refractivity contribution in [3.05, 3.63) is 58.6 Å². The van der Waals surface area contributed by atoms with Crippen molar-refractivity contribution in [2.45, 2.75) is 57.3 Å². The fraction of sp³-hybridized carbons (Fsp3) is 0.500. The summed E-state index contributed by atoms with van der Waals surface area (Å²) in [5.41, 5.74) is 2.38. The first-order chi connectivity index (χ1) is 15.0. The summed E-state index contributed by atoms with van der Waals surface area (Å²) in [6, 6.07) is 14.2. The second kappa shape index (κ2) is 9.62. The van der Waals surface area contributed by atoms with Crippen LogP contribution in [0, 0.1) is 0 Å². The molecule has 1 fully saturated rings. The number of carbonyl (C=O) groups excluding carboxylic acids is 1. The van der Waals surface area contributed by atoms with Gasteiger partial charge in [-0.1, -0.05) is 62.4 Å². The van der Waals surface area contributed by atoms with Crippen LogP contribution >= 0.6 is 11.6 Å². The smallest absolute Gasteiger partial charge is 0.310 e. The molecule has 0 N–H and O–H groups in total. The third-order valence-electron chi connectivity index (χ3n) is 6.69. The number of nitrogens with zero attached hydrogens (tertiary/aromatic N) is 1. The predicted octanol–water partition coefficient (Wildman–Crippen LogP) is 6.63. The molecule has 4 nitrogen and oxygen atoms in total. The van der Waals surface area contributed by atoms with E-state index >= 15 is 0 Å². The van der Waals surface area contributed by atoms with Gasteiger partial charge < -0.3 is 9.47 Å². The molecular weight excluding hydrogens is 410 g/mol. The van der Waals surface area contributed by atoms with E-state index in [4.69, 9.17) is 21.1 Å². The van der Waals surface area contributed by atoms with Crippen molar-refractivity contribution in [3.63, 3.8) is 0 Å². The average molecular weight is 443 g/mol. The van der Waals surface area contributed by atoms with Crippen LogP contribution in [0.1, 0.15) is 68.4 Å². The Morgan fingerprint density at radius 1 is 1.03 bits per heavy atom. The van der Waals surface area contributed by atoms with Gasteiger partial charge in [0.05, 0.1) is 20.1 Å². The fourth-order valence-corrected chi connectivity index (χ4v) is 5.27. The number of likely N-dealkylation sites (N-methyl/N-ethyl adjacent to an activating group) is 1. The summed E-state index contributed by atoms with van der Waals surface area (Å²) in [5, 5.41) is 0.725. The Morgan fingerprint density at radius 2 is 1.74 bits per heavy atom. The van der Waals surface area contributed by atoms with Crippen LogP contribution in [0.2, 0.25) is 5.02 Å². The topological polar surface area (TPSA) is 35.5 Å². The summed E-state index contributed by atoms with van der Waals surface area (Å²) in [4.78, 5) is 12.3. The highest BCUT2D eigenvalue weighted by molar-refractivity contribution is 6.30. The second-order valence-electron chi connectivity index (χ2n) is 9.33. The second-order valence-corrected chi connectivity index (χ2v) is 9.77. The van der Waals surface area contributed by atoms with Gasteiger partial charge in [-0.15, -0.1) is 0 Å². The zero-order valence-electron chi connectivity index (χ0n) is 18.6. The molecule has 2 unspecified atom stereocenters. The largest absolute Gasteiger partial charge is 0.457 e. The molecule has 4 rings (SSSR count). The van der Waals surface area contributed by atoms with Gasteiger partial charge in [0, 0.05) is 34.4 Å². The van der Waals surface area contributed by atoms with E-state index in [9.17, 15) is 4.79 Å². The van der Waals surface area contributed by atoms with Crippen LogP contribution in [0.4, 0.5) is 0 Å². The van der Waals surface area contributed by atoms with E-state index in [2.05, 4.69) is 26.1 Å². The normalized spacial score (nSPS) is 23.8. The van der Waals surface area contributed by atoms with Crippen LogP contribution in [0.25, 0.3) is 0 Å². The van der Waals surface area contributed by atoms with Gasteiger partial charge in [-0.2, -0.15) is 0 Å². The van der Waals surface area contributed by atoms with Crippen molar-refractivity contribution >= 4 is 17.6 Å². The number of esters is 1. The third-order valence-corrected chi connectivity index (χ3v) is 6.93. The number of quaternary nitrogens is 1. The summed E-state index contributed by atoms with van der Waals surface area (Å²) in [7, 11) is 2.19. The van der Waals surface area contributed by atoms with Gasteiger partial charge in [0.2, 0.25) is 6.73 Å². The summed E-state index contributed by atoms with van der Waals surface area (Å²) < 4.78 is 12.7. The number of para-hydroxylation sites is 1. The molecule has 0 radical (unpaired) electrons. The highest BCUT2D eigenvalue weighted by Crippen LogP contribution is 2.51. The van der Waals surface area contributed by atoms with Gasteiger partial charge in [0.15, 0.2) is 0 Å². The van der Waals surface area contributed by atoms with Gasteiger partial charge in [-0.25, -0.2) is 0 Å². The first-order valence-corrected chi connectivity index (χ1v) is 11.9. The van der Waals surface area contributed by atoms with Gasteiger partial charge in [-0.3, -0.25) is 9.28 Å². The number of rotatable bonds is 8. The Hall–Kier alpha value is -2.04. The number of hydrogen-bond donors (Lipinski definition) is 0. The molecule has 166 valence electrons. The van der Waals surface area contributed by atoms with Crippen LogP contribution in [-0.2, 0) is 9.53 Å². The lowest BCUT2D eigenvalue weighted by Crippen LogP contribution is -2.44. The highest BCUT2D eigenvalue weighted by Gasteiger charge is 2.48. The zero-order valence-corrected chi connectivity index (χ0v) is 19.4. The Balaban J connectivity index is 1.47. The molecule has 1 saturated heterocycles. The van der Waals surface area contributed by atoms with Crippen LogP contribution in [0.3, 0.4) is 0 Å². The molecule has 0 aromatic heterocycles. The summed E-state index contributed by atoms with van der Waals surface area (Å²) >= 11 is 6.36. The maximum Gasteiger partial charge on any atom is 0.310 e. The Bertz CT molecular complexity index is 931. The molecule has 0 saturated carbocycles. The van der Waals surface area contributed by atoms with E-state index < -0.39 is 0 Å². The number of fused-ring (bicyclic) bond motifs is 5. The average Bonchev–Trinajstić information content (AvgIpc) is 3.06. The lowest BCUT2D eigenvalue weighted by Gasteiger charge is -2.29. The van der Waals surface area contributed by atoms with Crippen LogP contribution in [0.15, 0.2) is 42.5 Å². The van der Waals surface area contributed by atoms with Crippen LogP contribution < -0.4 is 4.74 Å². The lowest BCUT2D eigenvalue weighted by atomic mass is 9.84. The molecule has 0 amide bonds. The SMILES string of the molecule is CCCCCCCC(=O)OC[N+]1(C)CC2c3cc(Cl)ccc3Oc3ccccc3[C@@H]2C1. The molecule has 0 bridgehead atoms. The van der Waals surface area contributed by atoms with Crippen molar-refractivity contribution < 1.29 is 18.8 Å². The number of hydrogen-bond acceptors (Lipinski definition) is 3. The van der Waals surface area contributed by atoms with E-state index in [1.807, 2.05) is 30.3 Å². The maximum absolute atomic E-state index is 12.3. The van der Waals surface area contributed by atoms with Gasteiger partial charge >= 0.3 is 5.97 Å². The monoisotopic (exact) mass is 442 g/mol. The molecular formula is C26H33ClNO3+. The number of ether oxygens (including phenoxy) is 2. The fourth-order valence-electron chi connectivity index (χ4n) is 5.09. The quantitative estimate of drug-likeness (QED) is 0.261. The third kappa shape index (κ3) is 5.07. The van der Waals surface area contributed by atoms with E-state index in [0.29, 0.717) is 23.6 Å². The molecule has 2 aromatic carbocycles. The Labute approximate surface area is 190 Å². The maximum atomic E-state index is 12.3. The van der Waals surface area contributed by atoms with Crippen LogP contribution in [-0.4, -0.2) is 37.3 Å². The van der Waals surface area contributed by atoms with Gasteiger partial charge in [-0.05, 0) is 30.7 Å². The van der Waals surface area contributed by atoms with E-state index in [0.717, 1.165) is 48.0 Å². The molecule has 0 aliphatic carbocycles. The number of carbonyl (C=O) groups is 1. The molecule has 31 heavy (non-hydrogen) atoms. The van der Waals surface area contributed by atoms with Crippen molar-refractivity contribution in [1.29, 1.82) is 0 Å². The first-order valence-electron chi connectivity index (χ1n) is 11.5. The molecule has 2 aliphatic rings. The minimum absolute atomic E-state index is 0.0740. The lowest BCUT2D eigenvalue weighted by molar-refractivity contribution is -0.915. The number of halogens is 1. The first kappa shape index (κ1) is 22.2. The van der Waals surface area contributed by atoms with Crippen molar-refractivity contribution in [2.75, 3.05) is 26.9 Å². The number of unbranched alkanes of at least 4 members (excludes halogenated alkanes) is 4. The van der Waals surface area contributed by atoms with Gasteiger partial charge in [0.1, 0.15) is 11.5 Å². The molecule has 0 spiro atoms. The standard InChI is InChI=1S/C26H33ClNO3/c1-3-4-5-6-7-12-26(29)30-18-28(2)16-22-20-10-8-9-11-24(20)31-25-14-13-19(27)15-21(25)23(22)17-28/h8-11,13-15,22-23H,3-7,12,16-18H2,1-2H3/q+1/t22-,23?,28?/m0/s1. The molecule has 3 atom stereocenters. The zero-order chi connectivity index (χ0) is 21.8. The van der Waals surface area contributed by atoms with Crippen molar-refractivity contribution in [2.24, 2.45) is 0 Å². The Morgan fingerprint density at radius 3 is 2.55 bits per heavy atom. The molecule has 5 heteroatoms. The highest BCUT2D eigenvalue weighted by atomic mass is 35.5. The Kier molecular flexibility index (Phi) is 6.88. The van der Waals surface area contributed by atoms with Gasteiger partial charge in [0.25, 0.3) is 0 Å². The minimum Gasteiger partial charge on any atom is -0.457 e. The van der Waals surface area contributed by atoms with E-state index in [1.54, 1.807) is 0 Å². The summed E-state index contributed by atoms with van der Waals surface area (Å²) in [6.07, 6.45) is 6.20. The number of likely N-dealkylation sites (tertiary alicyclic amines) is 1. The summed E-state index contributed by atoms with van der Waals surface area (Å²) in [5.74, 6) is 2.29. The molecule has 2 heterocycles. The molecule has 2 aliphatic heterocycles. The van der Waals surface area contributed by atoms with Crippen molar-refractivity contribution in [1.82, 2.24) is 0 Å². The van der Waals surface area contributed by atoms with E-state index in [1.165, 1.54) is 24.8 Å². The van der Waals surface area contributed by atoms with E-state index in [-0.39, 0.29) is 11.9 Å².